The fourth-order valence-corrected chi connectivity index (χ4v) is 0.743. The molecule has 0 saturated carbocycles. The van der Waals surface area contributed by atoms with Crippen LogP contribution in [0.4, 0.5) is 8.78 Å². The van der Waals surface area contributed by atoms with Gasteiger partial charge >= 0.3 is 0 Å². The largest absolute Gasteiger partial charge is 0.380 e. The van der Waals surface area contributed by atoms with Gasteiger partial charge in [-0.25, -0.2) is 8.78 Å². The fourth-order valence-electron chi connectivity index (χ4n) is 0.743. The van der Waals surface area contributed by atoms with E-state index in [1.807, 2.05) is 0 Å². The van der Waals surface area contributed by atoms with Gasteiger partial charge in [-0.05, 0) is 6.54 Å². The molecular weight excluding hydrogens is 166 g/mol. The maximum Gasteiger partial charge on any atom is 0.251 e. The van der Waals surface area contributed by atoms with E-state index in [0.29, 0.717) is 13.2 Å². The summed E-state index contributed by atoms with van der Waals surface area (Å²) in [5, 5.41) is 0. The molecule has 0 unspecified atom stereocenters. The van der Waals surface area contributed by atoms with E-state index in [2.05, 4.69) is 0 Å². The van der Waals surface area contributed by atoms with Gasteiger partial charge in [-0.2, -0.15) is 0 Å². The summed E-state index contributed by atoms with van der Waals surface area (Å²) in [7, 11) is 0. The smallest absolute Gasteiger partial charge is 0.251 e. The third-order valence-corrected chi connectivity index (χ3v) is 1.38. The Hall–Kier alpha value is -0.260. The zero-order chi connectivity index (χ0) is 9.45. The molecule has 0 aliphatic rings. The van der Waals surface area contributed by atoms with Crippen LogP contribution in [-0.4, -0.2) is 32.2 Å². The quantitative estimate of drug-likeness (QED) is 0.558. The SMILES string of the molecule is NCCOCCC(F)(F)CCN. The zero-order valence-electron chi connectivity index (χ0n) is 7.06. The molecule has 0 heterocycles. The lowest BCUT2D eigenvalue weighted by molar-refractivity contribution is -0.0369. The van der Waals surface area contributed by atoms with Crippen LogP contribution >= 0.6 is 0 Å². The second-order valence-corrected chi connectivity index (χ2v) is 2.55. The Labute approximate surface area is 71.1 Å². The van der Waals surface area contributed by atoms with Gasteiger partial charge in [0, 0.05) is 19.4 Å². The van der Waals surface area contributed by atoms with Gasteiger partial charge in [-0.15, -0.1) is 0 Å². The Kier molecular flexibility index (Phi) is 6.14. The van der Waals surface area contributed by atoms with Crippen molar-refractivity contribution in [2.24, 2.45) is 11.5 Å². The second-order valence-electron chi connectivity index (χ2n) is 2.55. The fraction of sp³-hybridized carbons (Fsp3) is 1.00. The van der Waals surface area contributed by atoms with Crippen LogP contribution in [-0.2, 0) is 4.74 Å². The highest BCUT2D eigenvalue weighted by Gasteiger charge is 2.26. The van der Waals surface area contributed by atoms with E-state index in [9.17, 15) is 8.78 Å². The first-order chi connectivity index (χ1) is 5.62. The van der Waals surface area contributed by atoms with Gasteiger partial charge in [0.25, 0.3) is 5.92 Å². The minimum absolute atomic E-state index is 0.00386. The standard InChI is InChI=1S/C7H16F2N2O/c8-7(9,1-3-10)2-5-12-6-4-11/h1-6,10-11H2. The maximum absolute atomic E-state index is 12.7. The minimum Gasteiger partial charge on any atom is -0.380 e. The molecule has 0 aromatic heterocycles. The number of ether oxygens (including phenoxy) is 1. The topological polar surface area (TPSA) is 61.3 Å². The summed E-state index contributed by atoms with van der Waals surface area (Å²) >= 11 is 0. The van der Waals surface area contributed by atoms with Crippen LogP contribution in [0, 0.1) is 0 Å². The third-order valence-electron chi connectivity index (χ3n) is 1.38. The lowest BCUT2D eigenvalue weighted by atomic mass is 10.2. The molecule has 4 N–H and O–H groups in total. The molecule has 0 atom stereocenters. The molecule has 0 spiro atoms. The first-order valence-corrected chi connectivity index (χ1v) is 3.98. The van der Waals surface area contributed by atoms with E-state index in [-0.39, 0.29) is 26.0 Å². The van der Waals surface area contributed by atoms with E-state index < -0.39 is 5.92 Å². The van der Waals surface area contributed by atoms with Crippen LogP contribution in [0.15, 0.2) is 0 Å². The van der Waals surface area contributed by atoms with Gasteiger partial charge < -0.3 is 16.2 Å². The Morgan fingerprint density at radius 2 is 1.67 bits per heavy atom. The second kappa shape index (κ2) is 6.28. The molecule has 0 aliphatic heterocycles. The average Bonchev–Trinajstić information content (AvgIpc) is 1.98. The van der Waals surface area contributed by atoms with E-state index in [1.165, 1.54) is 0 Å². The van der Waals surface area contributed by atoms with Gasteiger partial charge in [0.2, 0.25) is 0 Å². The van der Waals surface area contributed by atoms with E-state index >= 15 is 0 Å². The van der Waals surface area contributed by atoms with Crippen molar-refractivity contribution in [1.82, 2.24) is 0 Å². The molecule has 0 rings (SSSR count). The number of hydrogen-bond acceptors (Lipinski definition) is 3. The van der Waals surface area contributed by atoms with Crippen molar-refractivity contribution in [2.75, 3.05) is 26.3 Å². The molecule has 0 fully saturated rings. The normalized spacial score (nSPS) is 12.0. The van der Waals surface area contributed by atoms with Crippen LogP contribution in [0.3, 0.4) is 0 Å². The van der Waals surface area contributed by atoms with Crippen molar-refractivity contribution < 1.29 is 13.5 Å². The van der Waals surface area contributed by atoms with Crippen LogP contribution in [0.5, 0.6) is 0 Å². The number of hydrogen-bond donors (Lipinski definition) is 2. The molecule has 0 saturated heterocycles. The molecule has 3 nitrogen and oxygen atoms in total. The molecular formula is C7H16F2N2O. The highest BCUT2D eigenvalue weighted by atomic mass is 19.3. The van der Waals surface area contributed by atoms with Crippen molar-refractivity contribution >= 4 is 0 Å². The minimum atomic E-state index is -2.69. The molecule has 0 aromatic carbocycles. The summed E-state index contributed by atoms with van der Waals surface area (Å²) in [5.74, 6) is -2.69. The van der Waals surface area contributed by atoms with E-state index in [0.717, 1.165) is 0 Å². The molecule has 0 aliphatic carbocycles. The van der Waals surface area contributed by atoms with Crippen LogP contribution in [0.1, 0.15) is 12.8 Å². The summed E-state index contributed by atoms with van der Waals surface area (Å²) in [6, 6.07) is 0. The summed E-state index contributed by atoms with van der Waals surface area (Å²) in [6.07, 6.45) is -0.552. The zero-order valence-corrected chi connectivity index (χ0v) is 7.06. The molecule has 0 aromatic rings. The van der Waals surface area contributed by atoms with Crippen LogP contribution < -0.4 is 11.5 Å². The summed E-state index contributed by atoms with van der Waals surface area (Å²) in [6.45, 7) is 0.745. The van der Waals surface area contributed by atoms with Gasteiger partial charge in [0.1, 0.15) is 0 Å². The number of rotatable bonds is 7. The predicted octanol–water partition coefficient (Wildman–Crippen LogP) is 0.336. The van der Waals surface area contributed by atoms with Gasteiger partial charge in [-0.3, -0.25) is 0 Å². The monoisotopic (exact) mass is 182 g/mol. The van der Waals surface area contributed by atoms with Crippen molar-refractivity contribution in [3.8, 4) is 0 Å². The number of halogens is 2. The molecule has 0 amide bonds. The van der Waals surface area contributed by atoms with E-state index in [4.69, 9.17) is 16.2 Å². The Morgan fingerprint density at radius 1 is 1.00 bits per heavy atom. The van der Waals surface area contributed by atoms with Gasteiger partial charge in [-0.1, -0.05) is 0 Å². The Morgan fingerprint density at radius 3 is 2.17 bits per heavy atom. The number of alkyl halides is 2. The van der Waals surface area contributed by atoms with Gasteiger partial charge in [0.05, 0.1) is 13.2 Å². The molecule has 0 radical (unpaired) electrons. The van der Waals surface area contributed by atoms with Crippen LogP contribution in [0.2, 0.25) is 0 Å². The summed E-state index contributed by atoms with van der Waals surface area (Å²) in [4.78, 5) is 0. The predicted molar refractivity (Wildman–Crippen MR) is 43.1 cm³/mol. The average molecular weight is 182 g/mol. The molecule has 5 heteroatoms. The third kappa shape index (κ3) is 6.45. The number of nitrogens with two attached hydrogens (primary N) is 2. The summed E-state index contributed by atoms with van der Waals surface area (Å²) in [5.41, 5.74) is 10.1. The Bertz CT molecular complexity index is 112. The molecule has 0 bridgehead atoms. The van der Waals surface area contributed by atoms with Crippen molar-refractivity contribution in [2.45, 2.75) is 18.8 Å². The maximum atomic E-state index is 12.7. The lowest BCUT2D eigenvalue weighted by Gasteiger charge is -2.14. The van der Waals surface area contributed by atoms with E-state index in [1.54, 1.807) is 0 Å². The van der Waals surface area contributed by atoms with Gasteiger partial charge in [0.15, 0.2) is 0 Å². The first kappa shape index (κ1) is 11.7. The van der Waals surface area contributed by atoms with Crippen LogP contribution in [0.25, 0.3) is 0 Å². The van der Waals surface area contributed by atoms with Crippen molar-refractivity contribution in [3.05, 3.63) is 0 Å². The lowest BCUT2D eigenvalue weighted by Crippen LogP contribution is -2.23. The van der Waals surface area contributed by atoms with Crippen molar-refractivity contribution in [1.29, 1.82) is 0 Å². The summed E-state index contributed by atoms with van der Waals surface area (Å²) < 4.78 is 30.1. The first-order valence-electron chi connectivity index (χ1n) is 3.98. The highest BCUT2D eigenvalue weighted by Crippen LogP contribution is 2.21. The Balaban J connectivity index is 3.33. The van der Waals surface area contributed by atoms with Crippen molar-refractivity contribution in [3.63, 3.8) is 0 Å². The molecule has 74 valence electrons. The highest BCUT2D eigenvalue weighted by molar-refractivity contribution is 4.65. The molecule has 12 heavy (non-hydrogen) atoms.